The molecule has 2 aromatic carbocycles. The first-order valence-electron chi connectivity index (χ1n) is 9.50. The molecule has 0 unspecified atom stereocenters. The van der Waals surface area contributed by atoms with Crippen LogP contribution in [0.5, 0.6) is 0 Å². The zero-order chi connectivity index (χ0) is 21.3. The fourth-order valence-corrected chi connectivity index (χ4v) is 4.54. The van der Waals surface area contributed by atoms with Crippen LogP contribution in [0, 0.1) is 19.7 Å². The van der Waals surface area contributed by atoms with Crippen LogP contribution in [-0.2, 0) is 9.59 Å². The Bertz CT molecular complexity index is 1140. The maximum absolute atomic E-state index is 13.1. The number of carbonyl (C=O) groups excluding carboxylic acids is 2. The van der Waals surface area contributed by atoms with Crippen molar-refractivity contribution in [1.82, 2.24) is 0 Å². The highest BCUT2D eigenvalue weighted by atomic mass is 32.1. The van der Waals surface area contributed by atoms with E-state index in [2.05, 4.69) is 10.3 Å². The average Bonchev–Trinajstić information content (AvgIpc) is 2.95. The smallest absolute Gasteiger partial charge is 0.249 e. The van der Waals surface area contributed by atoms with E-state index in [1.54, 1.807) is 0 Å². The first-order chi connectivity index (χ1) is 14.4. The topological polar surface area (TPSA) is 61.8 Å². The molecule has 30 heavy (non-hydrogen) atoms. The van der Waals surface area contributed by atoms with Crippen molar-refractivity contribution in [2.24, 2.45) is 4.99 Å². The molecule has 0 fully saturated rings. The number of anilines is 2. The second kappa shape index (κ2) is 8.20. The summed E-state index contributed by atoms with van der Waals surface area (Å²) in [7, 11) is 0. The summed E-state index contributed by atoms with van der Waals surface area (Å²) in [4.78, 5) is 32.7. The zero-order valence-corrected chi connectivity index (χ0v) is 17.4. The van der Waals surface area contributed by atoms with Crippen LogP contribution in [-0.4, -0.2) is 30.6 Å². The van der Waals surface area contributed by atoms with E-state index in [0.717, 1.165) is 32.3 Å². The number of amides is 2. The van der Waals surface area contributed by atoms with Crippen molar-refractivity contribution < 1.29 is 14.0 Å². The van der Waals surface area contributed by atoms with Gasteiger partial charge in [-0.25, -0.2) is 4.39 Å². The van der Waals surface area contributed by atoms with E-state index >= 15 is 0 Å². The molecule has 1 aliphatic rings. The lowest BCUT2D eigenvalue weighted by Gasteiger charge is -2.20. The first kappa shape index (κ1) is 20.0. The lowest BCUT2D eigenvalue weighted by molar-refractivity contribution is -0.120. The van der Waals surface area contributed by atoms with Crippen LogP contribution in [0.3, 0.4) is 0 Å². The predicted molar refractivity (Wildman–Crippen MR) is 118 cm³/mol. The molecule has 1 N–H and O–H groups in total. The number of nitrogens with zero attached hydrogens (tertiary/aromatic N) is 2. The molecule has 0 radical (unpaired) electrons. The predicted octanol–water partition coefficient (Wildman–Crippen LogP) is 4.33. The van der Waals surface area contributed by atoms with Gasteiger partial charge in [-0.15, -0.1) is 11.3 Å². The van der Waals surface area contributed by atoms with Crippen LogP contribution in [0.15, 0.2) is 59.6 Å². The van der Waals surface area contributed by atoms with Crippen molar-refractivity contribution in [3.05, 3.63) is 82.0 Å². The highest BCUT2D eigenvalue weighted by Crippen LogP contribution is 2.38. The minimum Gasteiger partial charge on any atom is -0.325 e. The molecule has 0 saturated carbocycles. The summed E-state index contributed by atoms with van der Waals surface area (Å²) in [5.74, 6) is -0.971. The van der Waals surface area contributed by atoms with Crippen LogP contribution < -0.4 is 10.2 Å². The van der Waals surface area contributed by atoms with Gasteiger partial charge in [-0.1, -0.05) is 30.3 Å². The van der Waals surface area contributed by atoms with E-state index in [4.69, 9.17) is 0 Å². The van der Waals surface area contributed by atoms with Crippen LogP contribution in [0.25, 0.3) is 0 Å². The maximum atomic E-state index is 13.1. The Hall–Kier alpha value is -3.32. The largest absolute Gasteiger partial charge is 0.325 e. The third-order valence-electron chi connectivity index (χ3n) is 5.00. The third-order valence-corrected chi connectivity index (χ3v) is 6.23. The van der Waals surface area contributed by atoms with E-state index < -0.39 is 0 Å². The number of rotatable bonds is 4. The molecule has 3 aromatic rings. The number of carbonyl (C=O) groups is 2. The second-order valence-electron chi connectivity index (χ2n) is 7.03. The zero-order valence-electron chi connectivity index (χ0n) is 16.6. The highest BCUT2D eigenvalue weighted by molar-refractivity contribution is 7.17. The number of thiophene rings is 1. The summed E-state index contributed by atoms with van der Waals surface area (Å²) in [5, 5.41) is 3.45. The van der Waals surface area contributed by atoms with Gasteiger partial charge in [0.2, 0.25) is 11.8 Å². The van der Waals surface area contributed by atoms with E-state index in [1.165, 1.54) is 40.5 Å². The second-order valence-corrected chi connectivity index (χ2v) is 8.23. The van der Waals surface area contributed by atoms with E-state index in [1.807, 2.05) is 44.2 Å². The quantitative estimate of drug-likeness (QED) is 0.682. The molecule has 7 heteroatoms. The van der Waals surface area contributed by atoms with Gasteiger partial charge >= 0.3 is 0 Å². The van der Waals surface area contributed by atoms with Gasteiger partial charge in [-0.05, 0) is 43.7 Å². The van der Waals surface area contributed by atoms with Crippen LogP contribution in [0.2, 0.25) is 0 Å². The van der Waals surface area contributed by atoms with Gasteiger partial charge in [0.05, 0.1) is 5.71 Å². The Balaban J connectivity index is 1.67. The third kappa shape index (κ3) is 3.89. The van der Waals surface area contributed by atoms with Crippen molar-refractivity contribution in [2.75, 3.05) is 23.3 Å². The molecule has 1 aliphatic heterocycles. The summed E-state index contributed by atoms with van der Waals surface area (Å²) in [6, 6.07) is 15.3. The fourth-order valence-electron chi connectivity index (χ4n) is 3.37. The lowest BCUT2D eigenvalue weighted by Crippen LogP contribution is -2.38. The number of aliphatic imine (C=N–C) groups is 1. The van der Waals surface area contributed by atoms with Crippen molar-refractivity contribution >= 4 is 39.6 Å². The molecule has 0 atom stereocenters. The summed E-state index contributed by atoms with van der Waals surface area (Å²) in [6.45, 7) is 3.84. The summed E-state index contributed by atoms with van der Waals surface area (Å²) in [6.07, 6.45) is 0. The summed E-state index contributed by atoms with van der Waals surface area (Å²) >= 11 is 1.49. The number of hydrogen-bond donors (Lipinski definition) is 1. The summed E-state index contributed by atoms with van der Waals surface area (Å²) < 4.78 is 13.1. The molecule has 0 bridgehead atoms. The molecule has 5 nitrogen and oxygen atoms in total. The number of fused-ring (bicyclic) bond motifs is 1. The molecule has 0 aliphatic carbocycles. The summed E-state index contributed by atoms with van der Waals surface area (Å²) in [5.41, 5.74) is 4.12. The normalized spacial score (nSPS) is 13.5. The SMILES string of the molecule is Cc1sc2c(c1C)C(c1ccccc1)=NCC(=O)N2CC(=O)Nc1ccc(F)cc1. The van der Waals surface area contributed by atoms with Crippen LogP contribution in [0.4, 0.5) is 15.1 Å². The van der Waals surface area contributed by atoms with E-state index in [9.17, 15) is 14.0 Å². The fraction of sp³-hybridized carbons (Fsp3) is 0.174. The van der Waals surface area contributed by atoms with Crippen LogP contribution in [0.1, 0.15) is 21.6 Å². The van der Waals surface area contributed by atoms with Gasteiger partial charge in [-0.3, -0.25) is 19.5 Å². The maximum Gasteiger partial charge on any atom is 0.249 e. The average molecular weight is 421 g/mol. The number of benzene rings is 2. The molecule has 2 amide bonds. The standard InChI is InChI=1S/C23H20FN3O2S/c1-14-15(2)30-23-21(14)22(16-6-4-3-5-7-16)25-12-20(29)27(23)13-19(28)26-18-10-8-17(24)9-11-18/h3-11H,12-13H2,1-2H3,(H,26,28). The van der Waals surface area contributed by atoms with Crippen molar-refractivity contribution in [2.45, 2.75) is 13.8 Å². The van der Waals surface area contributed by atoms with Gasteiger partial charge < -0.3 is 5.32 Å². The number of halogens is 1. The number of aryl methyl sites for hydroxylation is 1. The van der Waals surface area contributed by atoms with Crippen molar-refractivity contribution in [1.29, 1.82) is 0 Å². The Morgan fingerprint density at radius 2 is 1.83 bits per heavy atom. The highest BCUT2D eigenvalue weighted by Gasteiger charge is 2.30. The van der Waals surface area contributed by atoms with Gasteiger partial charge in [0.1, 0.15) is 23.9 Å². The number of hydrogen-bond acceptors (Lipinski definition) is 4. The molecule has 2 heterocycles. The van der Waals surface area contributed by atoms with E-state index in [0.29, 0.717) is 5.69 Å². The van der Waals surface area contributed by atoms with Crippen LogP contribution >= 0.6 is 11.3 Å². The van der Waals surface area contributed by atoms with Crippen molar-refractivity contribution in [3.8, 4) is 0 Å². The van der Waals surface area contributed by atoms with Gasteiger partial charge in [0.15, 0.2) is 0 Å². The first-order valence-corrected chi connectivity index (χ1v) is 10.3. The lowest BCUT2D eigenvalue weighted by atomic mass is 10.00. The molecule has 152 valence electrons. The van der Waals surface area contributed by atoms with Crippen molar-refractivity contribution in [3.63, 3.8) is 0 Å². The van der Waals surface area contributed by atoms with Gasteiger partial charge in [0, 0.05) is 21.7 Å². The molecule has 0 spiro atoms. The van der Waals surface area contributed by atoms with E-state index in [-0.39, 0.29) is 30.7 Å². The molecular weight excluding hydrogens is 401 g/mol. The Labute approximate surface area is 177 Å². The minimum atomic E-state index is -0.379. The minimum absolute atomic E-state index is 0.0338. The molecule has 4 rings (SSSR count). The molecule has 0 saturated heterocycles. The Morgan fingerprint density at radius 3 is 2.53 bits per heavy atom. The van der Waals surface area contributed by atoms with Gasteiger partial charge in [-0.2, -0.15) is 0 Å². The Morgan fingerprint density at radius 1 is 1.13 bits per heavy atom. The molecular formula is C23H20FN3O2S. The Kier molecular flexibility index (Phi) is 5.46. The molecule has 1 aromatic heterocycles. The van der Waals surface area contributed by atoms with Gasteiger partial charge in [0.25, 0.3) is 0 Å². The number of nitrogens with one attached hydrogen (secondary N) is 1. The monoisotopic (exact) mass is 421 g/mol.